The van der Waals surface area contributed by atoms with Crippen LogP contribution >= 0.6 is 0 Å². The molecule has 0 bridgehead atoms. The first-order valence-corrected chi connectivity index (χ1v) is 15.9. The molecular weight excluding hydrogens is 592 g/mol. The smallest absolute Gasteiger partial charge is 0.455 e. The quantitative estimate of drug-likeness (QED) is 0.240. The molecule has 0 spiro atoms. The monoisotopic (exact) mass is 615 g/mol. The fourth-order valence-corrected chi connectivity index (χ4v) is 6.94. The first kappa shape index (κ1) is 32.4. The molecular formula is C36H22B9NO3. The Balaban J connectivity index is 1.48. The topological polar surface area (TPSA) is 36.5 Å². The van der Waals surface area contributed by atoms with Crippen molar-refractivity contribution in [1.82, 2.24) is 4.57 Å². The third-order valence-corrected chi connectivity index (χ3v) is 10.4. The summed E-state index contributed by atoms with van der Waals surface area (Å²) >= 11 is 0. The summed E-state index contributed by atoms with van der Waals surface area (Å²) in [7, 11) is 51.8. The lowest BCUT2D eigenvalue weighted by atomic mass is 9.63. The summed E-state index contributed by atoms with van der Waals surface area (Å²) < 4.78 is 21.2. The van der Waals surface area contributed by atoms with Gasteiger partial charge in [-0.2, -0.15) is 0 Å². The molecule has 216 valence electrons. The van der Waals surface area contributed by atoms with Gasteiger partial charge in [-0.25, -0.2) is 0 Å². The molecule has 0 atom stereocenters. The van der Waals surface area contributed by atoms with Gasteiger partial charge < -0.3 is 18.3 Å². The van der Waals surface area contributed by atoms with E-state index in [-0.39, 0.29) is 43.7 Å². The van der Waals surface area contributed by atoms with Gasteiger partial charge in [0.15, 0.2) is 0 Å². The maximum Gasteiger partial charge on any atom is 0.494 e. The van der Waals surface area contributed by atoms with Crippen LogP contribution in [0.1, 0.15) is 27.7 Å². The maximum absolute atomic E-state index is 6.75. The van der Waals surface area contributed by atoms with E-state index in [1.165, 1.54) is 0 Å². The van der Waals surface area contributed by atoms with Crippen molar-refractivity contribution in [1.29, 1.82) is 0 Å². The molecule has 3 heterocycles. The average molecular weight is 614 g/mol. The molecule has 1 aliphatic heterocycles. The molecule has 1 saturated heterocycles. The SMILES string of the molecule is [B]c1c([B])c([B])c2c(c1[B])c1c([B])c([B])c([B])c([B])c1n2-c1cc(-c2ccccc2)c2oc3cc(B4OC(C)(C)C(C)(C)O4)ccc3c2c1. The number of hydrogen-bond donors (Lipinski definition) is 0. The Bertz CT molecular complexity index is 2460. The molecule has 0 amide bonds. The summed E-state index contributed by atoms with van der Waals surface area (Å²) in [6.07, 6.45) is 0. The predicted molar refractivity (Wildman–Crippen MR) is 212 cm³/mol. The van der Waals surface area contributed by atoms with E-state index in [1.807, 2.05) is 92.9 Å². The van der Waals surface area contributed by atoms with Crippen LogP contribution in [0.4, 0.5) is 0 Å². The van der Waals surface area contributed by atoms with Crippen LogP contribution in [0.5, 0.6) is 0 Å². The van der Waals surface area contributed by atoms with Gasteiger partial charge in [0, 0.05) is 33.1 Å². The van der Waals surface area contributed by atoms with E-state index in [1.54, 1.807) is 0 Å². The largest absolute Gasteiger partial charge is 0.494 e. The van der Waals surface area contributed by atoms with Crippen LogP contribution in [0.15, 0.2) is 65.1 Å². The van der Waals surface area contributed by atoms with Crippen LogP contribution in [0.3, 0.4) is 0 Å². The van der Waals surface area contributed by atoms with Crippen molar-refractivity contribution in [3.8, 4) is 16.8 Å². The molecule has 0 aliphatic carbocycles. The lowest BCUT2D eigenvalue weighted by molar-refractivity contribution is 0.00578. The molecule has 0 N–H and O–H groups in total. The third kappa shape index (κ3) is 4.50. The second-order valence-electron chi connectivity index (χ2n) is 13.8. The van der Waals surface area contributed by atoms with E-state index in [0.29, 0.717) is 38.7 Å². The number of furan rings is 1. The summed E-state index contributed by atoms with van der Waals surface area (Å²) in [5, 5.41) is 2.66. The van der Waals surface area contributed by atoms with Crippen molar-refractivity contribution in [3.05, 3.63) is 60.7 Å². The van der Waals surface area contributed by atoms with Crippen molar-refractivity contribution in [2.45, 2.75) is 38.9 Å². The van der Waals surface area contributed by atoms with Gasteiger partial charge in [0.2, 0.25) is 0 Å². The minimum absolute atomic E-state index is 0.136. The Morgan fingerprint density at radius 2 is 1.10 bits per heavy atom. The van der Waals surface area contributed by atoms with Crippen molar-refractivity contribution in [2.75, 3.05) is 0 Å². The van der Waals surface area contributed by atoms with E-state index in [2.05, 4.69) is 0 Å². The summed E-state index contributed by atoms with van der Waals surface area (Å²) in [4.78, 5) is 0. The molecule has 0 saturated carbocycles. The van der Waals surface area contributed by atoms with Crippen LogP contribution < -0.4 is 49.2 Å². The van der Waals surface area contributed by atoms with E-state index in [4.69, 9.17) is 76.5 Å². The summed E-state index contributed by atoms with van der Waals surface area (Å²) in [5.41, 5.74) is 5.95. The summed E-state index contributed by atoms with van der Waals surface area (Å²) in [6, 6.07) is 19.9. The minimum atomic E-state index is -0.554. The Morgan fingerprint density at radius 3 is 1.65 bits per heavy atom. The zero-order valence-electron chi connectivity index (χ0n) is 27.6. The first-order chi connectivity index (χ1) is 23.1. The van der Waals surface area contributed by atoms with Crippen LogP contribution in [0.2, 0.25) is 0 Å². The van der Waals surface area contributed by atoms with Gasteiger partial charge in [-0.1, -0.05) is 64.3 Å². The number of aromatic nitrogens is 1. The second kappa shape index (κ2) is 10.9. The van der Waals surface area contributed by atoms with Crippen molar-refractivity contribution in [2.24, 2.45) is 0 Å². The van der Waals surface area contributed by atoms with Gasteiger partial charge in [0.25, 0.3) is 0 Å². The summed E-state index contributed by atoms with van der Waals surface area (Å²) in [5.74, 6) is 0. The normalized spacial score (nSPS) is 15.7. The van der Waals surface area contributed by atoms with Crippen LogP contribution in [0, 0.1) is 0 Å². The standard InChI is InChI=1S/C36H22B9NO3/c1-35(2)36(3,4)49-45(48-35)16-10-11-18-20-14-17(13-19(15-8-6-5-7-9-15)34(20)47-21(18)12-16)46-32-22(24(37)26(39)28(41)30(32)43)23-25(38)27(40)29(42)31(44)33(23)46/h5-14H,1-4H3. The molecule has 1 fully saturated rings. The zero-order valence-corrected chi connectivity index (χ0v) is 27.6. The van der Waals surface area contributed by atoms with Gasteiger partial charge in [0.1, 0.15) is 73.9 Å². The highest BCUT2D eigenvalue weighted by molar-refractivity contribution is 6.71. The maximum atomic E-state index is 6.75. The van der Waals surface area contributed by atoms with Crippen molar-refractivity contribution >= 4 is 163 Å². The Labute approximate surface area is 296 Å². The van der Waals surface area contributed by atoms with Crippen LogP contribution in [0.25, 0.3) is 60.6 Å². The molecule has 0 unspecified atom stereocenters. The molecule has 2 aromatic heterocycles. The predicted octanol–water partition coefficient (Wildman–Crippen LogP) is -1.00. The number of rotatable bonds is 3. The molecule has 1 aliphatic rings. The van der Waals surface area contributed by atoms with Gasteiger partial charge >= 0.3 is 7.12 Å². The first-order valence-electron chi connectivity index (χ1n) is 15.9. The van der Waals surface area contributed by atoms with Crippen molar-refractivity contribution in [3.63, 3.8) is 0 Å². The molecule has 8 rings (SSSR count). The Morgan fingerprint density at radius 1 is 0.571 bits per heavy atom. The Hall–Kier alpha value is -3.80. The fourth-order valence-electron chi connectivity index (χ4n) is 6.94. The van der Waals surface area contributed by atoms with E-state index in [0.717, 1.165) is 27.4 Å². The lowest BCUT2D eigenvalue weighted by Gasteiger charge is -2.32. The fraction of sp³-hybridized carbons (Fsp3) is 0.167. The lowest BCUT2D eigenvalue weighted by Crippen LogP contribution is -2.49. The van der Waals surface area contributed by atoms with Crippen LogP contribution in [-0.4, -0.2) is 85.7 Å². The third-order valence-electron chi connectivity index (χ3n) is 10.4. The number of nitrogens with zero attached hydrogens (tertiary/aromatic N) is 1. The molecule has 16 radical (unpaired) electrons. The van der Waals surface area contributed by atoms with E-state index < -0.39 is 18.3 Å². The molecule has 13 heteroatoms. The number of fused-ring (bicyclic) bond motifs is 6. The molecule has 49 heavy (non-hydrogen) atoms. The average Bonchev–Trinajstić information content (AvgIpc) is 3.70. The van der Waals surface area contributed by atoms with Crippen molar-refractivity contribution < 1.29 is 13.7 Å². The van der Waals surface area contributed by atoms with Crippen LogP contribution in [-0.2, 0) is 9.31 Å². The Kier molecular flexibility index (Phi) is 7.18. The highest BCUT2D eigenvalue weighted by atomic mass is 16.7. The number of hydrogen-bond acceptors (Lipinski definition) is 3. The van der Waals surface area contributed by atoms with E-state index in [9.17, 15) is 0 Å². The minimum Gasteiger partial charge on any atom is -0.455 e. The van der Waals surface area contributed by atoms with Gasteiger partial charge in [-0.05, 0) is 67.7 Å². The molecule has 7 aromatic rings. The molecule has 4 nitrogen and oxygen atoms in total. The zero-order chi connectivity index (χ0) is 34.9. The van der Waals surface area contributed by atoms with Gasteiger partial charge in [-0.3, -0.25) is 0 Å². The highest BCUT2D eigenvalue weighted by Gasteiger charge is 2.51. The van der Waals surface area contributed by atoms with Gasteiger partial charge in [0.05, 0.1) is 11.2 Å². The molecule has 5 aromatic carbocycles. The summed E-state index contributed by atoms with van der Waals surface area (Å²) in [6.45, 7) is 8.11. The van der Waals surface area contributed by atoms with E-state index >= 15 is 0 Å². The second-order valence-corrected chi connectivity index (χ2v) is 13.8. The number of benzene rings is 5. The highest BCUT2D eigenvalue weighted by Crippen LogP contribution is 2.40. The van der Waals surface area contributed by atoms with Gasteiger partial charge in [-0.15, -0.1) is 21.9 Å².